The Morgan fingerprint density at radius 2 is 2.41 bits per heavy atom. The summed E-state index contributed by atoms with van der Waals surface area (Å²) in [6.45, 7) is 3.76. The van der Waals surface area contributed by atoms with Crippen molar-refractivity contribution in [2.24, 2.45) is 12.5 Å². The summed E-state index contributed by atoms with van der Waals surface area (Å²) in [6.07, 6.45) is 3.66. The fraction of sp³-hybridized carbons (Fsp3) is 0.636. The first kappa shape index (κ1) is 14.0. The molecule has 1 fully saturated rings. The summed E-state index contributed by atoms with van der Waals surface area (Å²) in [5.74, 6) is 0.820. The summed E-state index contributed by atoms with van der Waals surface area (Å²) >= 11 is 0. The van der Waals surface area contributed by atoms with E-state index in [1.807, 2.05) is 14.0 Å². The molecule has 1 atom stereocenters. The minimum Gasteiger partial charge on any atom is -0.316 e. The molecule has 0 radical (unpaired) electrons. The molecular formula is C11H19ClN4O. The number of carbonyl (C=O) groups is 1. The van der Waals surface area contributed by atoms with Crippen LogP contribution < -0.4 is 10.6 Å². The molecule has 2 heterocycles. The quantitative estimate of drug-likeness (QED) is 0.837. The summed E-state index contributed by atoms with van der Waals surface area (Å²) < 4.78 is 1.66. The van der Waals surface area contributed by atoms with Gasteiger partial charge in [-0.25, -0.2) is 0 Å². The average molecular weight is 259 g/mol. The Bertz CT molecular complexity index is 385. The van der Waals surface area contributed by atoms with Gasteiger partial charge in [-0.2, -0.15) is 5.10 Å². The third-order valence-corrected chi connectivity index (χ3v) is 3.21. The van der Waals surface area contributed by atoms with Crippen molar-refractivity contribution in [3.05, 3.63) is 12.3 Å². The summed E-state index contributed by atoms with van der Waals surface area (Å²) in [5, 5.41) is 10.2. The second-order valence-corrected chi connectivity index (χ2v) is 4.64. The molecule has 17 heavy (non-hydrogen) atoms. The Morgan fingerprint density at radius 1 is 1.65 bits per heavy atom. The molecule has 5 nitrogen and oxygen atoms in total. The van der Waals surface area contributed by atoms with Crippen LogP contribution in [-0.2, 0) is 11.8 Å². The maximum Gasteiger partial charge on any atom is 0.232 e. The number of nitrogens with zero attached hydrogens (tertiary/aromatic N) is 2. The fourth-order valence-corrected chi connectivity index (χ4v) is 2.01. The molecule has 2 rings (SSSR count). The zero-order chi connectivity index (χ0) is 11.6. The predicted molar refractivity (Wildman–Crippen MR) is 69.3 cm³/mol. The van der Waals surface area contributed by atoms with E-state index >= 15 is 0 Å². The van der Waals surface area contributed by atoms with Gasteiger partial charge in [-0.1, -0.05) is 0 Å². The highest BCUT2D eigenvalue weighted by atomic mass is 35.5. The summed E-state index contributed by atoms with van der Waals surface area (Å²) in [4.78, 5) is 12.1. The summed E-state index contributed by atoms with van der Waals surface area (Å²) in [6, 6.07) is 1.80. The van der Waals surface area contributed by atoms with E-state index in [9.17, 15) is 4.79 Å². The highest BCUT2D eigenvalue weighted by Gasteiger charge is 2.34. The lowest BCUT2D eigenvalue weighted by atomic mass is 9.82. The number of halogens is 1. The molecule has 0 spiro atoms. The number of nitrogens with one attached hydrogen (secondary N) is 2. The number of rotatable bonds is 2. The van der Waals surface area contributed by atoms with Gasteiger partial charge in [-0.15, -0.1) is 12.4 Å². The van der Waals surface area contributed by atoms with Gasteiger partial charge in [0.2, 0.25) is 5.91 Å². The van der Waals surface area contributed by atoms with Gasteiger partial charge in [0.1, 0.15) is 5.82 Å². The molecule has 1 unspecified atom stereocenters. The molecule has 0 bridgehead atoms. The van der Waals surface area contributed by atoms with Crippen LogP contribution in [0.4, 0.5) is 5.82 Å². The van der Waals surface area contributed by atoms with E-state index in [1.165, 1.54) is 0 Å². The molecule has 1 aromatic heterocycles. The zero-order valence-corrected chi connectivity index (χ0v) is 11.0. The van der Waals surface area contributed by atoms with E-state index < -0.39 is 0 Å². The second kappa shape index (κ2) is 5.51. The van der Waals surface area contributed by atoms with Crippen LogP contribution in [-0.4, -0.2) is 28.8 Å². The van der Waals surface area contributed by atoms with Crippen molar-refractivity contribution < 1.29 is 4.79 Å². The number of amides is 1. The fourth-order valence-electron chi connectivity index (χ4n) is 2.01. The first-order valence-electron chi connectivity index (χ1n) is 5.62. The highest BCUT2D eigenvalue weighted by molar-refractivity contribution is 5.94. The first-order chi connectivity index (χ1) is 7.62. The van der Waals surface area contributed by atoms with Crippen molar-refractivity contribution in [1.29, 1.82) is 0 Å². The van der Waals surface area contributed by atoms with Crippen LogP contribution in [0.15, 0.2) is 12.3 Å². The van der Waals surface area contributed by atoms with Gasteiger partial charge in [0.05, 0.1) is 11.6 Å². The number of piperidine rings is 1. The second-order valence-electron chi connectivity index (χ2n) is 4.64. The molecule has 0 aliphatic carbocycles. The highest BCUT2D eigenvalue weighted by Crippen LogP contribution is 2.26. The van der Waals surface area contributed by atoms with Crippen LogP contribution in [0.25, 0.3) is 0 Å². The van der Waals surface area contributed by atoms with Crippen LogP contribution in [0.2, 0.25) is 0 Å². The Kier molecular flexibility index (Phi) is 4.54. The standard InChI is InChI=1S/C11H18N4O.ClH/c1-11(5-3-6-12-8-11)10(16)14-9-4-7-13-15(9)2;/h4,7,12H,3,5-6,8H2,1-2H3,(H,14,16);1H. The van der Waals surface area contributed by atoms with Crippen molar-refractivity contribution in [2.75, 3.05) is 18.4 Å². The zero-order valence-electron chi connectivity index (χ0n) is 10.2. The monoisotopic (exact) mass is 258 g/mol. The minimum absolute atomic E-state index is 0. The number of anilines is 1. The van der Waals surface area contributed by atoms with E-state index in [4.69, 9.17) is 0 Å². The largest absolute Gasteiger partial charge is 0.316 e. The number of hydrogen-bond acceptors (Lipinski definition) is 3. The topological polar surface area (TPSA) is 59.0 Å². The van der Waals surface area contributed by atoms with Crippen LogP contribution in [0.3, 0.4) is 0 Å². The molecule has 2 N–H and O–H groups in total. The van der Waals surface area contributed by atoms with Crippen LogP contribution in [0, 0.1) is 5.41 Å². The Morgan fingerprint density at radius 3 is 2.94 bits per heavy atom. The van der Waals surface area contributed by atoms with Crippen molar-refractivity contribution in [3.63, 3.8) is 0 Å². The van der Waals surface area contributed by atoms with E-state index in [-0.39, 0.29) is 23.7 Å². The number of aromatic nitrogens is 2. The molecule has 1 aromatic rings. The molecule has 96 valence electrons. The van der Waals surface area contributed by atoms with Gasteiger partial charge in [0.25, 0.3) is 0 Å². The smallest absolute Gasteiger partial charge is 0.232 e. The van der Waals surface area contributed by atoms with Gasteiger partial charge in [0, 0.05) is 19.7 Å². The van der Waals surface area contributed by atoms with E-state index in [1.54, 1.807) is 16.9 Å². The number of aryl methyl sites for hydroxylation is 1. The lowest BCUT2D eigenvalue weighted by molar-refractivity contribution is -0.125. The van der Waals surface area contributed by atoms with E-state index in [0.29, 0.717) is 0 Å². The van der Waals surface area contributed by atoms with Crippen LogP contribution >= 0.6 is 12.4 Å². The molecule has 1 aliphatic heterocycles. The molecule has 1 amide bonds. The molecule has 0 aromatic carbocycles. The molecule has 1 aliphatic rings. The Hall–Kier alpha value is -1.07. The molecular weight excluding hydrogens is 240 g/mol. The van der Waals surface area contributed by atoms with Gasteiger partial charge in [-0.3, -0.25) is 9.48 Å². The maximum absolute atomic E-state index is 12.1. The average Bonchev–Trinajstić information content (AvgIpc) is 2.65. The normalized spacial score (nSPS) is 23.9. The third kappa shape index (κ3) is 2.98. The number of hydrogen-bond donors (Lipinski definition) is 2. The summed E-state index contributed by atoms with van der Waals surface area (Å²) in [7, 11) is 1.82. The molecule has 6 heteroatoms. The van der Waals surface area contributed by atoms with Gasteiger partial charge in [0.15, 0.2) is 0 Å². The van der Waals surface area contributed by atoms with Gasteiger partial charge in [-0.05, 0) is 26.3 Å². The molecule has 0 saturated carbocycles. The maximum atomic E-state index is 12.1. The van der Waals surface area contributed by atoms with Gasteiger partial charge >= 0.3 is 0 Å². The Balaban J connectivity index is 0.00000144. The van der Waals surface area contributed by atoms with Crippen molar-refractivity contribution >= 4 is 24.1 Å². The van der Waals surface area contributed by atoms with Crippen LogP contribution in [0.1, 0.15) is 19.8 Å². The van der Waals surface area contributed by atoms with Gasteiger partial charge < -0.3 is 10.6 Å². The lowest BCUT2D eigenvalue weighted by Crippen LogP contribution is -2.46. The van der Waals surface area contributed by atoms with Crippen molar-refractivity contribution in [3.8, 4) is 0 Å². The molecule has 1 saturated heterocycles. The van der Waals surface area contributed by atoms with E-state index in [0.717, 1.165) is 31.7 Å². The minimum atomic E-state index is -0.303. The number of carbonyl (C=O) groups excluding carboxylic acids is 1. The summed E-state index contributed by atoms with van der Waals surface area (Å²) in [5.41, 5.74) is -0.303. The van der Waals surface area contributed by atoms with E-state index in [2.05, 4.69) is 15.7 Å². The van der Waals surface area contributed by atoms with Crippen LogP contribution in [0.5, 0.6) is 0 Å². The lowest BCUT2D eigenvalue weighted by Gasteiger charge is -2.32. The first-order valence-corrected chi connectivity index (χ1v) is 5.62. The third-order valence-electron chi connectivity index (χ3n) is 3.21. The Labute approximate surface area is 107 Å². The SMILES string of the molecule is Cl.Cn1nccc1NC(=O)C1(C)CCCNC1. The van der Waals surface area contributed by atoms with Crippen molar-refractivity contribution in [1.82, 2.24) is 15.1 Å². The predicted octanol–water partition coefficient (Wildman–Crippen LogP) is 1.17. The van der Waals surface area contributed by atoms with Crippen molar-refractivity contribution in [2.45, 2.75) is 19.8 Å².